The van der Waals surface area contributed by atoms with Crippen molar-refractivity contribution >= 4 is 23.1 Å². The van der Waals surface area contributed by atoms with Crippen LogP contribution in [0.3, 0.4) is 0 Å². The smallest absolute Gasteiger partial charge is 0.322 e. The van der Waals surface area contributed by atoms with Gasteiger partial charge in [-0.25, -0.2) is 4.79 Å². The van der Waals surface area contributed by atoms with Crippen molar-refractivity contribution < 1.29 is 9.53 Å². The number of urea groups is 1. The number of ether oxygens (including phenoxy) is 1. The molecular formula is C23H25N3O2S. The topological polar surface area (TPSA) is 46.5 Å². The van der Waals surface area contributed by atoms with Crippen LogP contribution in [0.4, 0.5) is 10.5 Å². The molecule has 2 aliphatic rings. The number of amides is 2. The van der Waals surface area contributed by atoms with E-state index in [-0.39, 0.29) is 12.1 Å². The third kappa shape index (κ3) is 3.12. The van der Waals surface area contributed by atoms with Gasteiger partial charge in [0.05, 0.1) is 19.7 Å². The first-order chi connectivity index (χ1) is 14.2. The highest BCUT2D eigenvalue weighted by Crippen LogP contribution is 2.42. The van der Waals surface area contributed by atoms with Crippen molar-refractivity contribution in [2.24, 2.45) is 0 Å². The molecule has 0 bridgehead atoms. The van der Waals surface area contributed by atoms with Gasteiger partial charge >= 0.3 is 6.03 Å². The molecular weight excluding hydrogens is 382 g/mol. The minimum absolute atomic E-state index is 0.0120. The van der Waals surface area contributed by atoms with E-state index in [2.05, 4.69) is 35.1 Å². The van der Waals surface area contributed by atoms with Crippen LogP contribution < -0.4 is 10.1 Å². The molecule has 3 aromatic rings. The summed E-state index contributed by atoms with van der Waals surface area (Å²) >= 11 is 1.91. The van der Waals surface area contributed by atoms with Crippen molar-refractivity contribution in [1.82, 2.24) is 9.47 Å². The van der Waals surface area contributed by atoms with Crippen LogP contribution in [0.25, 0.3) is 5.00 Å². The highest BCUT2D eigenvalue weighted by atomic mass is 32.1. The number of carbonyl (C=O) groups is 1. The summed E-state index contributed by atoms with van der Waals surface area (Å²) in [5.41, 5.74) is 4.74. The number of benzene rings is 1. The SMILES string of the molecule is COc1ccc(NC(=O)N2Cc3c(sc4c3CCCC4)-n3cccc3[C@H]2C)cc1. The summed E-state index contributed by atoms with van der Waals surface area (Å²) in [6.07, 6.45) is 6.93. The Bertz CT molecular complexity index is 1050. The Morgan fingerprint density at radius 2 is 1.93 bits per heavy atom. The van der Waals surface area contributed by atoms with Gasteiger partial charge in [0.25, 0.3) is 0 Å². The lowest BCUT2D eigenvalue weighted by Crippen LogP contribution is -2.36. The van der Waals surface area contributed by atoms with E-state index in [0.717, 1.165) is 30.0 Å². The second kappa shape index (κ2) is 7.26. The predicted molar refractivity (Wildman–Crippen MR) is 116 cm³/mol. The molecule has 1 N–H and O–H groups in total. The molecule has 0 radical (unpaired) electrons. The minimum atomic E-state index is -0.0703. The number of anilines is 1. The number of aromatic nitrogens is 1. The van der Waals surface area contributed by atoms with E-state index in [0.29, 0.717) is 6.54 Å². The van der Waals surface area contributed by atoms with Crippen LogP contribution >= 0.6 is 11.3 Å². The van der Waals surface area contributed by atoms with Crippen molar-refractivity contribution in [2.75, 3.05) is 12.4 Å². The predicted octanol–water partition coefficient (Wildman–Crippen LogP) is 5.53. The van der Waals surface area contributed by atoms with Gasteiger partial charge in [-0.15, -0.1) is 11.3 Å². The van der Waals surface area contributed by atoms with Crippen LogP contribution in [-0.4, -0.2) is 22.6 Å². The van der Waals surface area contributed by atoms with Crippen molar-refractivity contribution in [3.63, 3.8) is 0 Å². The molecule has 2 aromatic heterocycles. The van der Waals surface area contributed by atoms with E-state index in [9.17, 15) is 4.79 Å². The molecule has 0 saturated carbocycles. The molecule has 1 aliphatic heterocycles. The van der Waals surface area contributed by atoms with E-state index >= 15 is 0 Å². The Balaban J connectivity index is 1.50. The van der Waals surface area contributed by atoms with Gasteiger partial charge < -0.3 is 19.5 Å². The molecule has 6 heteroatoms. The first kappa shape index (κ1) is 18.3. The monoisotopic (exact) mass is 407 g/mol. The molecule has 2 amide bonds. The molecule has 1 aromatic carbocycles. The zero-order valence-corrected chi connectivity index (χ0v) is 17.6. The Morgan fingerprint density at radius 3 is 2.72 bits per heavy atom. The minimum Gasteiger partial charge on any atom is -0.497 e. The van der Waals surface area contributed by atoms with Crippen LogP contribution in [0.15, 0.2) is 42.6 Å². The number of aryl methyl sites for hydroxylation is 1. The number of carbonyl (C=O) groups excluding carboxylic acids is 1. The molecule has 1 aliphatic carbocycles. The normalized spacial score (nSPS) is 17.7. The van der Waals surface area contributed by atoms with Gasteiger partial charge in [-0.1, -0.05) is 0 Å². The number of methoxy groups -OCH3 is 1. The van der Waals surface area contributed by atoms with Gasteiger partial charge in [0.2, 0.25) is 0 Å². The van der Waals surface area contributed by atoms with Crippen molar-refractivity contribution in [1.29, 1.82) is 0 Å². The van der Waals surface area contributed by atoms with E-state index in [1.165, 1.54) is 33.8 Å². The maximum absolute atomic E-state index is 13.3. The number of rotatable bonds is 2. The van der Waals surface area contributed by atoms with Gasteiger partial charge in [0, 0.05) is 28.0 Å². The summed E-state index contributed by atoms with van der Waals surface area (Å²) in [7, 11) is 1.64. The zero-order chi connectivity index (χ0) is 20.0. The summed E-state index contributed by atoms with van der Waals surface area (Å²) in [6.45, 7) is 2.76. The van der Waals surface area contributed by atoms with Gasteiger partial charge in [0.1, 0.15) is 10.8 Å². The molecule has 150 valence electrons. The van der Waals surface area contributed by atoms with E-state index < -0.39 is 0 Å². The number of thiophene rings is 1. The van der Waals surface area contributed by atoms with Crippen molar-refractivity contribution in [2.45, 2.75) is 45.2 Å². The fourth-order valence-electron chi connectivity index (χ4n) is 4.48. The molecule has 1 atom stereocenters. The van der Waals surface area contributed by atoms with Crippen LogP contribution in [0.5, 0.6) is 5.75 Å². The second-order valence-corrected chi connectivity index (χ2v) is 8.84. The summed E-state index contributed by atoms with van der Waals surface area (Å²) in [5.74, 6) is 0.776. The Labute approximate surface area is 174 Å². The summed E-state index contributed by atoms with van der Waals surface area (Å²) in [4.78, 5) is 16.8. The Kier molecular flexibility index (Phi) is 4.59. The number of nitrogens with zero attached hydrogens (tertiary/aromatic N) is 2. The quantitative estimate of drug-likeness (QED) is 0.607. The van der Waals surface area contributed by atoms with Crippen LogP contribution in [-0.2, 0) is 19.4 Å². The maximum atomic E-state index is 13.3. The number of fused-ring (bicyclic) bond motifs is 5. The van der Waals surface area contributed by atoms with Gasteiger partial charge in [0.15, 0.2) is 0 Å². The molecule has 29 heavy (non-hydrogen) atoms. The lowest BCUT2D eigenvalue weighted by atomic mass is 9.95. The fourth-order valence-corrected chi connectivity index (χ4v) is 5.88. The molecule has 0 saturated heterocycles. The second-order valence-electron chi connectivity index (χ2n) is 7.76. The Morgan fingerprint density at radius 1 is 1.14 bits per heavy atom. The molecule has 3 heterocycles. The number of hydrogen-bond donors (Lipinski definition) is 1. The molecule has 0 spiro atoms. The molecule has 5 nitrogen and oxygen atoms in total. The first-order valence-electron chi connectivity index (χ1n) is 10.2. The lowest BCUT2D eigenvalue weighted by molar-refractivity contribution is 0.189. The zero-order valence-electron chi connectivity index (χ0n) is 16.8. The maximum Gasteiger partial charge on any atom is 0.322 e. The van der Waals surface area contributed by atoms with Crippen LogP contribution in [0, 0.1) is 0 Å². The van der Waals surface area contributed by atoms with Gasteiger partial charge in [-0.05, 0) is 74.6 Å². The average Bonchev–Trinajstić information content (AvgIpc) is 3.34. The third-order valence-electron chi connectivity index (χ3n) is 6.08. The average molecular weight is 408 g/mol. The van der Waals surface area contributed by atoms with Crippen LogP contribution in [0.2, 0.25) is 0 Å². The molecule has 5 rings (SSSR count). The fraction of sp³-hybridized carbons (Fsp3) is 0.348. The van der Waals surface area contributed by atoms with Crippen LogP contribution in [0.1, 0.15) is 47.5 Å². The number of hydrogen-bond acceptors (Lipinski definition) is 3. The largest absolute Gasteiger partial charge is 0.497 e. The lowest BCUT2D eigenvalue weighted by Gasteiger charge is -2.28. The van der Waals surface area contributed by atoms with Crippen molar-refractivity contribution in [3.8, 4) is 10.8 Å². The Hall–Kier alpha value is -2.73. The molecule has 0 fully saturated rings. The van der Waals surface area contributed by atoms with Crippen molar-refractivity contribution in [3.05, 3.63) is 64.3 Å². The highest BCUT2D eigenvalue weighted by molar-refractivity contribution is 7.15. The standard InChI is InChI=1S/C23H25N3O2S/c1-15-20-7-5-13-25(20)22-19(18-6-3-4-8-21(18)29-22)14-26(15)23(27)24-16-9-11-17(28-2)12-10-16/h5,7,9-13,15H,3-4,6,8,14H2,1-2H3,(H,24,27)/t15-/m1/s1. The number of nitrogens with one attached hydrogen (secondary N) is 1. The van der Waals surface area contributed by atoms with Gasteiger partial charge in [-0.2, -0.15) is 0 Å². The summed E-state index contributed by atoms with van der Waals surface area (Å²) in [5, 5.41) is 4.37. The van der Waals surface area contributed by atoms with Gasteiger partial charge in [-0.3, -0.25) is 0 Å². The van der Waals surface area contributed by atoms with E-state index in [4.69, 9.17) is 4.74 Å². The van der Waals surface area contributed by atoms with E-state index in [1.807, 2.05) is 40.5 Å². The highest BCUT2D eigenvalue weighted by Gasteiger charge is 2.32. The molecule has 0 unspecified atom stereocenters. The van der Waals surface area contributed by atoms with E-state index in [1.54, 1.807) is 7.11 Å². The first-order valence-corrected chi connectivity index (χ1v) is 11.0. The summed E-state index contributed by atoms with van der Waals surface area (Å²) < 4.78 is 7.51. The third-order valence-corrected chi connectivity index (χ3v) is 7.42. The summed E-state index contributed by atoms with van der Waals surface area (Å²) in [6, 6.07) is 11.6.